The largest absolute Gasteiger partial charge is 0.400 e. The molecule has 0 aliphatic rings. The summed E-state index contributed by atoms with van der Waals surface area (Å²) in [5.74, 6) is 0. The van der Waals surface area contributed by atoms with Crippen LogP contribution in [0, 0.1) is 0 Å². The molecule has 0 unspecified atom stereocenters. The van der Waals surface area contributed by atoms with Gasteiger partial charge in [-0.3, -0.25) is 0 Å². The Balaban J connectivity index is 2.42. The van der Waals surface area contributed by atoms with E-state index < -0.39 is 9.28 Å². The summed E-state index contributed by atoms with van der Waals surface area (Å²) in [7, 11) is 2.14. The van der Waals surface area contributed by atoms with E-state index in [4.69, 9.17) is 8.85 Å². The van der Waals surface area contributed by atoms with Crippen LogP contribution in [0.1, 0.15) is 24.5 Å². The van der Waals surface area contributed by atoms with Crippen LogP contribution in [0.25, 0.3) is 0 Å². The van der Waals surface area contributed by atoms with E-state index in [0.29, 0.717) is 0 Å². The molecule has 0 saturated carbocycles. The van der Waals surface area contributed by atoms with E-state index in [9.17, 15) is 0 Å². The number of rotatable bonds is 7. The highest BCUT2D eigenvalue weighted by Gasteiger charge is 2.09. The summed E-state index contributed by atoms with van der Waals surface area (Å²) in [5.41, 5.74) is 2.94. The molecule has 16 heavy (non-hydrogen) atoms. The Hall–Kier alpha value is -0.643. The van der Waals surface area contributed by atoms with Gasteiger partial charge in [-0.15, -0.1) is 0 Å². The first-order chi connectivity index (χ1) is 7.81. The van der Waals surface area contributed by atoms with Crippen molar-refractivity contribution in [2.45, 2.75) is 32.2 Å². The Morgan fingerprint density at radius 1 is 1.06 bits per heavy atom. The second kappa shape index (κ2) is 7.60. The van der Waals surface area contributed by atoms with Crippen LogP contribution in [0.5, 0.6) is 0 Å². The minimum atomic E-state index is -1.36. The van der Waals surface area contributed by atoms with E-state index >= 15 is 0 Å². The molecular weight excluding hydrogens is 216 g/mol. The van der Waals surface area contributed by atoms with Crippen molar-refractivity contribution in [1.82, 2.24) is 0 Å². The second-order valence-electron chi connectivity index (χ2n) is 3.92. The van der Waals surface area contributed by atoms with Crippen molar-refractivity contribution in [2.24, 2.45) is 0 Å². The zero-order valence-corrected chi connectivity index (χ0v) is 11.7. The summed E-state index contributed by atoms with van der Waals surface area (Å²) in [4.78, 5) is 0. The Morgan fingerprint density at radius 2 is 1.69 bits per heavy atom. The van der Waals surface area contributed by atoms with Gasteiger partial charge in [0.05, 0.1) is 0 Å². The van der Waals surface area contributed by atoms with E-state index in [1.54, 1.807) is 14.2 Å². The van der Waals surface area contributed by atoms with Gasteiger partial charge in [-0.1, -0.05) is 31.2 Å². The molecule has 0 aliphatic carbocycles. The maximum absolute atomic E-state index is 5.31. The van der Waals surface area contributed by atoms with Gasteiger partial charge in [-0.05, 0) is 36.4 Å². The summed E-state index contributed by atoms with van der Waals surface area (Å²) in [5, 5.41) is 0. The van der Waals surface area contributed by atoms with E-state index in [1.165, 1.54) is 11.1 Å². The summed E-state index contributed by atoms with van der Waals surface area (Å²) in [6.07, 6.45) is 3.42. The van der Waals surface area contributed by atoms with Crippen molar-refractivity contribution in [3.63, 3.8) is 0 Å². The third kappa shape index (κ3) is 4.08. The molecule has 0 fully saturated rings. The third-order valence-electron chi connectivity index (χ3n) is 2.91. The molecule has 1 aromatic rings. The first-order valence-corrected chi connectivity index (χ1v) is 7.70. The molecule has 0 aliphatic heterocycles. The fraction of sp³-hybridized carbons (Fsp3) is 0.538. The molecular formula is C13H22O2Si. The van der Waals surface area contributed by atoms with E-state index in [-0.39, 0.29) is 0 Å². The predicted octanol–water partition coefficient (Wildman–Crippen LogP) is 2.69. The van der Waals surface area contributed by atoms with Crippen LogP contribution in [-0.4, -0.2) is 23.5 Å². The average molecular weight is 238 g/mol. The van der Waals surface area contributed by atoms with E-state index in [2.05, 4.69) is 31.2 Å². The number of hydrogen-bond acceptors (Lipinski definition) is 2. The Labute approximate surface area is 100 Å². The lowest BCUT2D eigenvalue weighted by molar-refractivity contribution is 0.276. The second-order valence-corrected chi connectivity index (χ2v) is 6.29. The topological polar surface area (TPSA) is 18.5 Å². The molecule has 0 radical (unpaired) electrons. The lowest BCUT2D eigenvalue weighted by Gasteiger charge is -2.11. The van der Waals surface area contributed by atoms with E-state index in [0.717, 1.165) is 25.3 Å². The van der Waals surface area contributed by atoms with Gasteiger partial charge in [0.15, 0.2) is 0 Å². The van der Waals surface area contributed by atoms with Crippen LogP contribution in [0.3, 0.4) is 0 Å². The molecule has 1 rings (SSSR count). The zero-order valence-electron chi connectivity index (χ0n) is 10.5. The number of aryl methyl sites for hydroxylation is 2. The summed E-state index contributed by atoms with van der Waals surface area (Å²) < 4.78 is 10.6. The quantitative estimate of drug-likeness (QED) is 0.680. The summed E-state index contributed by atoms with van der Waals surface area (Å²) in [6.45, 7) is 2.21. The first-order valence-electron chi connectivity index (χ1n) is 5.94. The van der Waals surface area contributed by atoms with Gasteiger partial charge in [0.1, 0.15) is 0 Å². The molecule has 0 N–H and O–H groups in total. The highest BCUT2D eigenvalue weighted by atomic mass is 28.3. The van der Waals surface area contributed by atoms with E-state index in [1.807, 2.05) is 0 Å². The van der Waals surface area contributed by atoms with Crippen LogP contribution in [0.15, 0.2) is 24.3 Å². The monoisotopic (exact) mass is 238 g/mol. The van der Waals surface area contributed by atoms with Gasteiger partial charge in [0, 0.05) is 14.2 Å². The van der Waals surface area contributed by atoms with Gasteiger partial charge >= 0.3 is 9.28 Å². The minimum absolute atomic E-state index is 1.09. The van der Waals surface area contributed by atoms with Crippen LogP contribution in [-0.2, 0) is 21.7 Å². The van der Waals surface area contributed by atoms with Crippen LogP contribution < -0.4 is 0 Å². The Kier molecular flexibility index (Phi) is 6.38. The molecule has 90 valence electrons. The standard InChI is InChI=1S/C13H22O2Si/c1-4-12-8-5-6-9-13(12)10-7-11-16(14-2)15-3/h5-6,8-9,16H,4,7,10-11H2,1-3H3. The molecule has 1 aromatic carbocycles. The van der Waals surface area contributed by atoms with Crippen molar-refractivity contribution in [2.75, 3.05) is 14.2 Å². The summed E-state index contributed by atoms with van der Waals surface area (Å²) >= 11 is 0. The normalized spacial score (nSPS) is 11.0. The minimum Gasteiger partial charge on any atom is -0.400 e. The van der Waals surface area contributed by atoms with Gasteiger partial charge in [0.25, 0.3) is 0 Å². The Bertz CT molecular complexity index is 298. The van der Waals surface area contributed by atoms with Crippen molar-refractivity contribution >= 4 is 9.28 Å². The van der Waals surface area contributed by atoms with Crippen LogP contribution >= 0.6 is 0 Å². The van der Waals surface area contributed by atoms with Crippen LogP contribution in [0.2, 0.25) is 6.04 Å². The smallest absolute Gasteiger partial charge is 0.320 e. The Morgan fingerprint density at radius 3 is 2.25 bits per heavy atom. The molecule has 0 atom stereocenters. The molecule has 0 aromatic heterocycles. The van der Waals surface area contributed by atoms with Crippen molar-refractivity contribution in [1.29, 1.82) is 0 Å². The molecule has 0 bridgehead atoms. The lowest BCUT2D eigenvalue weighted by atomic mass is 10.0. The van der Waals surface area contributed by atoms with Crippen molar-refractivity contribution < 1.29 is 8.85 Å². The summed E-state index contributed by atoms with van der Waals surface area (Å²) in [6, 6.07) is 9.77. The molecule has 0 saturated heterocycles. The lowest BCUT2D eigenvalue weighted by Crippen LogP contribution is -2.18. The zero-order chi connectivity index (χ0) is 11.8. The maximum atomic E-state index is 5.31. The molecule has 0 amide bonds. The SMILES string of the molecule is CCc1ccccc1CCC[SiH](OC)OC. The van der Waals surface area contributed by atoms with Gasteiger partial charge in [0.2, 0.25) is 0 Å². The fourth-order valence-electron chi connectivity index (χ4n) is 1.94. The molecule has 3 heteroatoms. The molecule has 0 heterocycles. The highest BCUT2D eigenvalue weighted by molar-refractivity contribution is 6.44. The van der Waals surface area contributed by atoms with Crippen molar-refractivity contribution in [3.8, 4) is 0 Å². The predicted molar refractivity (Wildman–Crippen MR) is 70.1 cm³/mol. The van der Waals surface area contributed by atoms with Gasteiger partial charge in [-0.25, -0.2) is 0 Å². The maximum Gasteiger partial charge on any atom is 0.320 e. The van der Waals surface area contributed by atoms with Crippen molar-refractivity contribution in [3.05, 3.63) is 35.4 Å². The molecule has 0 spiro atoms. The highest BCUT2D eigenvalue weighted by Crippen LogP contribution is 2.13. The van der Waals surface area contributed by atoms with Gasteiger partial charge in [-0.2, -0.15) is 0 Å². The van der Waals surface area contributed by atoms with Crippen LogP contribution in [0.4, 0.5) is 0 Å². The first kappa shape index (κ1) is 13.4. The van der Waals surface area contributed by atoms with Gasteiger partial charge < -0.3 is 8.85 Å². The number of hydrogen-bond donors (Lipinski definition) is 0. The third-order valence-corrected chi connectivity index (χ3v) is 4.84. The number of benzene rings is 1. The average Bonchev–Trinajstić information content (AvgIpc) is 2.35. The molecule has 2 nitrogen and oxygen atoms in total. The fourth-order valence-corrected chi connectivity index (χ4v) is 3.14.